The van der Waals surface area contributed by atoms with Crippen LogP contribution in [-0.2, 0) is 5.88 Å². The maximum Gasteiger partial charge on any atom is 0.573 e. The van der Waals surface area contributed by atoms with Crippen LogP contribution in [0.25, 0.3) is 0 Å². The number of alkyl halides is 6. The van der Waals surface area contributed by atoms with Crippen LogP contribution >= 0.6 is 11.6 Å². The molecule has 2 nitrogen and oxygen atoms in total. The average Bonchev–Trinajstić information content (AvgIpc) is 2.17. The molecule has 96 valence electrons. The van der Waals surface area contributed by atoms with E-state index < -0.39 is 18.7 Å². The van der Waals surface area contributed by atoms with Crippen LogP contribution in [0.15, 0.2) is 18.2 Å². The molecule has 0 heterocycles. The van der Waals surface area contributed by atoms with E-state index in [1.54, 1.807) is 0 Å². The molecule has 0 aliphatic carbocycles. The van der Waals surface area contributed by atoms with Gasteiger partial charge in [-0.1, -0.05) is 0 Å². The van der Waals surface area contributed by atoms with Crippen molar-refractivity contribution in [3.63, 3.8) is 0 Å². The molecule has 1 aromatic carbocycles. The second kappa shape index (κ2) is 5.39. The molecule has 8 heteroatoms. The molecule has 0 aliphatic rings. The molecule has 0 aliphatic heterocycles. The summed E-state index contributed by atoms with van der Waals surface area (Å²) in [7, 11) is 0. The average molecular weight is 277 g/mol. The standard InChI is InChI=1S/C9H6ClF5O2/c10-4-5-3-6(17-9(13,14)15)1-2-7(5)16-8(11)12/h1-3,8H,4H2. The number of hydrogen-bond acceptors (Lipinski definition) is 2. The normalized spacial score (nSPS) is 11.7. The van der Waals surface area contributed by atoms with Gasteiger partial charge in [-0.3, -0.25) is 0 Å². The molecule has 1 aromatic rings. The van der Waals surface area contributed by atoms with E-state index in [-0.39, 0.29) is 17.2 Å². The van der Waals surface area contributed by atoms with E-state index >= 15 is 0 Å². The Labute approximate surface area is 97.9 Å². The molecular weight excluding hydrogens is 271 g/mol. The zero-order valence-electron chi connectivity index (χ0n) is 8.10. The molecule has 0 atom stereocenters. The summed E-state index contributed by atoms with van der Waals surface area (Å²) >= 11 is 5.40. The minimum Gasteiger partial charge on any atom is -0.434 e. The van der Waals surface area contributed by atoms with Crippen LogP contribution in [0, 0.1) is 0 Å². The lowest BCUT2D eigenvalue weighted by molar-refractivity contribution is -0.274. The number of halogens is 6. The van der Waals surface area contributed by atoms with E-state index in [1.807, 2.05) is 0 Å². The Morgan fingerprint density at radius 2 is 1.88 bits per heavy atom. The largest absolute Gasteiger partial charge is 0.573 e. The maximum absolute atomic E-state index is 11.9. The molecular formula is C9H6ClF5O2. The van der Waals surface area contributed by atoms with Gasteiger partial charge in [-0.2, -0.15) is 8.78 Å². The lowest BCUT2D eigenvalue weighted by atomic mass is 10.2. The van der Waals surface area contributed by atoms with Crippen molar-refractivity contribution < 1.29 is 31.4 Å². The first-order chi connectivity index (χ1) is 7.81. The van der Waals surface area contributed by atoms with Crippen LogP contribution in [0.2, 0.25) is 0 Å². The lowest BCUT2D eigenvalue weighted by Gasteiger charge is -2.12. The molecule has 0 amide bonds. The Bertz CT molecular complexity index is 380. The number of hydrogen-bond donors (Lipinski definition) is 0. The summed E-state index contributed by atoms with van der Waals surface area (Å²) in [6.07, 6.45) is -4.85. The minimum atomic E-state index is -4.85. The quantitative estimate of drug-likeness (QED) is 0.613. The van der Waals surface area contributed by atoms with E-state index in [2.05, 4.69) is 9.47 Å². The summed E-state index contributed by atoms with van der Waals surface area (Å²) in [4.78, 5) is 0. The molecule has 0 saturated carbocycles. The molecule has 0 unspecified atom stereocenters. The zero-order valence-corrected chi connectivity index (χ0v) is 8.86. The van der Waals surface area contributed by atoms with Gasteiger partial charge in [0.15, 0.2) is 0 Å². The number of ether oxygens (including phenoxy) is 2. The first kappa shape index (κ1) is 13.8. The highest BCUT2D eigenvalue weighted by Gasteiger charge is 2.31. The van der Waals surface area contributed by atoms with E-state index in [0.29, 0.717) is 0 Å². The molecule has 17 heavy (non-hydrogen) atoms. The fourth-order valence-corrected chi connectivity index (χ4v) is 1.28. The van der Waals surface area contributed by atoms with Gasteiger partial charge in [0.2, 0.25) is 0 Å². The van der Waals surface area contributed by atoms with Gasteiger partial charge in [0.05, 0.1) is 5.88 Å². The summed E-state index contributed by atoms with van der Waals surface area (Å²) in [6, 6.07) is 2.68. The Morgan fingerprint density at radius 1 is 1.24 bits per heavy atom. The van der Waals surface area contributed by atoms with Crippen molar-refractivity contribution in [2.24, 2.45) is 0 Å². The van der Waals surface area contributed by atoms with Crippen molar-refractivity contribution in [1.82, 2.24) is 0 Å². The van der Waals surface area contributed by atoms with Crippen molar-refractivity contribution in [3.05, 3.63) is 23.8 Å². The third kappa shape index (κ3) is 4.64. The summed E-state index contributed by atoms with van der Waals surface area (Å²) in [5.74, 6) is -1.11. The Hall–Kier alpha value is -1.24. The molecule has 0 aromatic heterocycles. The van der Waals surface area contributed by atoms with Crippen molar-refractivity contribution in [2.75, 3.05) is 0 Å². The van der Waals surface area contributed by atoms with Crippen LogP contribution < -0.4 is 9.47 Å². The van der Waals surface area contributed by atoms with Gasteiger partial charge in [0.25, 0.3) is 0 Å². The predicted octanol–water partition coefficient (Wildman–Crippen LogP) is 3.93. The molecule has 0 fully saturated rings. The second-order valence-electron chi connectivity index (χ2n) is 2.83. The minimum absolute atomic E-state index is 0.0197. The molecule has 1 rings (SSSR count). The molecule has 0 N–H and O–H groups in total. The van der Waals surface area contributed by atoms with Gasteiger partial charge < -0.3 is 9.47 Å². The van der Waals surface area contributed by atoms with E-state index in [0.717, 1.165) is 18.2 Å². The van der Waals surface area contributed by atoms with Crippen molar-refractivity contribution >= 4 is 11.6 Å². The fraction of sp³-hybridized carbons (Fsp3) is 0.333. The molecule has 0 saturated heterocycles. The first-order valence-electron chi connectivity index (χ1n) is 4.21. The lowest BCUT2D eigenvalue weighted by Crippen LogP contribution is -2.17. The Balaban J connectivity index is 2.92. The van der Waals surface area contributed by atoms with Crippen LogP contribution in [0.4, 0.5) is 22.0 Å². The zero-order chi connectivity index (χ0) is 13.1. The van der Waals surface area contributed by atoms with Gasteiger partial charge in [0, 0.05) is 5.56 Å². The van der Waals surface area contributed by atoms with Gasteiger partial charge >= 0.3 is 13.0 Å². The predicted molar refractivity (Wildman–Crippen MR) is 49.3 cm³/mol. The van der Waals surface area contributed by atoms with Crippen molar-refractivity contribution in [3.8, 4) is 11.5 Å². The van der Waals surface area contributed by atoms with E-state index in [9.17, 15) is 22.0 Å². The molecule has 0 radical (unpaired) electrons. The third-order valence-corrected chi connectivity index (χ3v) is 1.91. The topological polar surface area (TPSA) is 18.5 Å². The number of rotatable bonds is 4. The van der Waals surface area contributed by atoms with Gasteiger partial charge in [0.1, 0.15) is 11.5 Å². The van der Waals surface area contributed by atoms with Crippen LogP contribution in [0.5, 0.6) is 11.5 Å². The Morgan fingerprint density at radius 3 is 2.35 bits per heavy atom. The van der Waals surface area contributed by atoms with Gasteiger partial charge in [-0.15, -0.1) is 24.8 Å². The van der Waals surface area contributed by atoms with E-state index in [1.165, 1.54) is 0 Å². The maximum atomic E-state index is 11.9. The molecule has 0 bridgehead atoms. The van der Waals surface area contributed by atoms with Crippen molar-refractivity contribution in [1.29, 1.82) is 0 Å². The van der Waals surface area contributed by atoms with Crippen LogP contribution in [0.1, 0.15) is 5.56 Å². The number of benzene rings is 1. The van der Waals surface area contributed by atoms with Crippen LogP contribution in [-0.4, -0.2) is 13.0 Å². The fourth-order valence-electron chi connectivity index (χ4n) is 1.07. The summed E-state index contributed by atoms with van der Waals surface area (Å²) < 4.78 is 67.2. The SMILES string of the molecule is FC(F)Oc1ccc(OC(F)(F)F)cc1CCl. The third-order valence-electron chi connectivity index (χ3n) is 1.63. The van der Waals surface area contributed by atoms with E-state index in [4.69, 9.17) is 11.6 Å². The Kier molecular flexibility index (Phi) is 4.39. The van der Waals surface area contributed by atoms with Gasteiger partial charge in [-0.05, 0) is 18.2 Å². The van der Waals surface area contributed by atoms with Gasteiger partial charge in [-0.25, -0.2) is 0 Å². The second-order valence-corrected chi connectivity index (χ2v) is 3.10. The summed E-state index contributed by atoms with van der Waals surface area (Å²) in [5, 5.41) is 0. The van der Waals surface area contributed by atoms with Crippen molar-refractivity contribution in [2.45, 2.75) is 18.9 Å². The molecule has 0 spiro atoms. The highest BCUT2D eigenvalue weighted by molar-refractivity contribution is 6.17. The highest BCUT2D eigenvalue weighted by Crippen LogP contribution is 2.30. The van der Waals surface area contributed by atoms with Crippen LogP contribution in [0.3, 0.4) is 0 Å². The smallest absolute Gasteiger partial charge is 0.434 e. The summed E-state index contributed by atoms with van der Waals surface area (Å²) in [6.45, 7) is -3.08. The first-order valence-corrected chi connectivity index (χ1v) is 4.74. The monoisotopic (exact) mass is 276 g/mol. The highest BCUT2D eigenvalue weighted by atomic mass is 35.5. The summed E-state index contributed by atoms with van der Waals surface area (Å²) in [5.41, 5.74) is -0.0197.